The van der Waals surface area contributed by atoms with Gasteiger partial charge in [-0.25, -0.2) is 13.1 Å². The highest BCUT2D eigenvalue weighted by Gasteiger charge is 2.23. The molecule has 1 aliphatic heterocycles. The van der Waals surface area contributed by atoms with Crippen LogP contribution in [0.15, 0.2) is 23.1 Å². The standard InChI is InChI=1S/C15H24N2O2S2/c1-3-7-16-10-13-9-15(5-4-12(13)2)21(18,19)17-14-6-8-20-11-14/h4-5,9,14,16-17H,3,6-8,10-11H2,1-2H3. The number of hydrogen-bond acceptors (Lipinski definition) is 4. The van der Waals surface area contributed by atoms with Gasteiger partial charge in [-0.1, -0.05) is 13.0 Å². The summed E-state index contributed by atoms with van der Waals surface area (Å²) in [5.41, 5.74) is 2.17. The Kier molecular flexibility index (Phi) is 6.10. The number of hydrogen-bond donors (Lipinski definition) is 2. The molecule has 1 unspecified atom stereocenters. The second-order valence-electron chi connectivity index (χ2n) is 5.45. The molecule has 1 atom stereocenters. The van der Waals surface area contributed by atoms with Crippen molar-refractivity contribution in [2.45, 2.75) is 44.2 Å². The Balaban J connectivity index is 2.12. The molecule has 1 aromatic carbocycles. The molecule has 1 aliphatic rings. The van der Waals surface area contributed by atoms with Crippen LogP contribution >= 0.6 is 11.8 Å². The summed E-state index contributed by atoms with van der Waals surface area (Å²) in [4.78, 5) is 0.373. The first-order chi connectivity index (χ1) is 10.0. The molecule has 6 heteroatoms. The summed E-state index contributed by atoms with van der Waals surface area (Å²) in [5, 5.41) is 3.33. The Hall–Kier alpha value is -0.560. The van der Waals surface area contributed by atoms with Gasteiger partial charge in [0.15, 0.2) is 0 Å². The highest BCUT2D eigenvalue weighted by molar-refractivity contribution is 7.99. The molecule has 0 radical (unpaired) electrons. The van der Waals surface area contributed by atoms with Gasteiger partial charge in [0.1, 0.15) is 0 Å². The first-order valence-corrected chi connectivity index (χ1v) is 10.1. The second-order valence-corrected chi connectivity index (χ2v) is 8.31. The fraction of sp³-hybridized carbons (Fsp3) is 0.600. The molecule has 4 nitrogen and oxygen atoms in total. The van der Waals surface area contributed by atoms with Gasteiger partial charge in [-0.05, 0) is 55.3 Å². The third-order valence-corrected chi connectivity index (χ3v) is 6.31. The molecule has 0 aliphatic carbocycles. The van der Waals surface area contributed by atoms with Crippen LogP contribution in [0.25, 0.3) is 0 Å². The van der Waals surface area contributed by atoms with Crippen LogP contribution in [-0.4, -0.2) is 32.5 Å². The molecule has 0 aromatic heterocycles. The van der Waals surface area contributed by atoms with Crippen molar-refractivity contribution in [1.82, 2.24) is 10.0 Å². The average molecular weight is 329 g/mol. The predicted octanol–water partition coefficient (Wildman–Crippen LogP) is 2.28. The highest BCUT2D eigenvalue weighted by atomic mass is 32.2. The molecule has 1 saturated heterocycles. The van der Waals surface area contributed by atoms with E-state index >= 15 is 0 Å². The van der Waals surface area contributed by atoms with E-state index in [9.17, 15) is 8.42 Å². The summed E-state index contributed by atoms with van der Waals surface area (Å²) in [5.74, 6) is 1.91. The number of nitrogens with one attached hydrogen (secondary N) is 2. The van der Waals surface area contributed by atoms with Crippen molar-refractivity contribution in [2.75, 3.05) is 18.1 Å². The quantitative estimate of drug-likeness (QED) is 0.754. The van der Waals surface area contributed by atoms with Crippen LogP contribution in [0.2, 0.25) is 0 Å². The number of benzene rings is 1. The van der Waals surface area contributed by atoms with Gasteiger partial charge in [0, 0.05) is 18.3 Å². The van der Waals surface area contributed by atoms with Crippen LogP contribution in [0.1, 0.15) is 30.9 Å². The Labute approximate surface area is 132 Å². The molecule has 21 heavy (non-hydrogen) atoms. The summed E-state index contributed by atoms with van der Waals surface area (Å²) in [7, 11) is -3.40. The lowest BCUT2D eigenvalue weighted by atomic mass is 10.1. The van der Waals surface area contributed by atoms with Gasteiger partial charge >= 0.3 is 0 Å². The minimum atomic E-state index is -3.40. The zero-order chi connectivity index (χ0) is 15.3. The lowest BCUT2D eigenvalue weighted by Gasteiger charge is -2.14. The lowest BCUT2D eigenvalue weighted by Crippen LogP contribution is -2.34. The topological polar surface area (TPSA) is 58.2 Å². The smallest absolute Gasteiger partial charge is 0.240 e. The van der Waals surface area contributed by atoms with Gasteiger partial charge in [0.25, 0.3) is 0 Å². The first-order valence-electron chi connectivity index (χ1n) is 7.43. The minimum Gasteiger partial charge on any atom is -0.313 e. The van der Waals surface area contributed by atoms with Crippen LogP contribution in [0.5, 0.6) is 0 Å². The van der Waals surface area contributed by atoms with Crippen LogP contribution in [0, 0.1) is 6.92 Å². The van der Waals surface area contributed by atoms with Crippen LogP contribution in [0.3, 0.4) is 0 Å². The zero-order valence-corrected chi connectivity index (χ0v) is 14.3. The van der Waals surface area contributed by atoms with Crippen LogP contribution in [0.4, 0.5) is 0 Å². The van der Waals surface area contributed by atoms with E-state index in [0.29, 0.717) is 11.4 Å². The van der Waals surface area contributed by atoms with Gasteiger partial charge in [0.2, 0.25) is 10.0 Å². The number of aryl methyl sites for hydroxylation is 1. The molecule has 0 bridgehead atoms. The predicted molar refractivity (Wildman–Crippen MR) is 89.2 cm³/mol. The summed E-state index contributed by atoms with van der Waals surface area (Å²) in [6, 6.07) is 5.45. The second kappa shape index (κ2) is 7.63. The minimum absolute atomic E-state index is 0.0722. The van der Waals surface area contributed by atoms with E-state index in [4.69, 9.17) is 0 Å². The van der Waals surface area contributed by atoms with E-state index in [2.05, 4.69) is 17.0 Å². The molecular formula is C15H24N2O2S2. The van der Waals surface area contributed by atoms with Crippen molar-refractivity contribution >= 4 is 21.8 Å². The van der Waals surface area contributed by atoms with E-state index in [1.807, 2.05) is 13.0 Å². The maximum atomic E-state index is 12.4. The number of thioether (sulfide) groups is 1. The van der Waals surface area contributed by atoms with Gasteiger partial charge < -0.3 is 5.32 Å². The van der Waals surface area contributed by atoms with Crippen LogP contribution in [-0.2, 0) is 16.6 Å². The summed E-state index contributed by atoms with van der Waals surface area (Å²) >= 11 is 1.80. The van der Waals surface area contributed by atoms with Crippen molar-refractivity contribution in [3.05, 3.63) is 29.3 Å². The molecule has 2 N–H and O–H groups in total. The Morgan fingerprint density at radius 3 is 2.86 bits per heavy atom. The van der Waals surface area contributed by atoms with E-state index in [1.54, 1.807) is 23.9 Å². The third kappa shape index (κ3) is 4.71. The fourth-order valence-electron chi connectivity index (χ4n) is 2.32. The van der Waals surface area contributed by atoms with E-state index < -0.39 is 10.0 Å². The van der Waals surface area contributed by atoms with Crippen molar-refractivity contribution in [3.63, 3.8) is 0 Å². The third-order valence-electron chi connectivity index (χ3n) is 3.62. The molecule has 2 rings (SSSR count). The zero-order valence-electron chi connectivity index (χ0n) is 12.7. The fourth-order valence-corrected chi connectivity index (χ4v) is 4.90. The average Bonchev–Trinajstić information content (AvgIpc) is 2.93. The van der Waals surface area contributed by atoms with Gasteiger partial charge in [-0.3, -0.25) is 0 Å². The SMILES string of the molecule is CCCNCc1cc(S(=O)(=O)NC2CCSC2)ccc1C. The van der Waals surface area contributed by atoms with E-state index in [1.165, 1.54) is 0 Å². The van der Waals surface area contributed by atoms with Crippen molar-refractivity contribution in [3.8, 4) is 0 Å². The van der Waals surface area contributed by atoms with Crippen molar-refractivity contribution in [1.29, 1.82) is 0 Å². The number of rotatable bonds is 7. The van der Waals surface area contributed by atoms with Gasteiger partial charge in [0.05, 0.1) is 4.90 Å². The van der Waals surface area contributed by atoms with E-state index in [0.717, 1.165) is 42.0 Å². The maximum Gasteiger partial charge on any atom is 0.240 e. The molecule has 1 fully saturated rings. The first kappa shape index (κ1) is 16.8. The van der Waals surface area contributed by atoms with Crippen molar-refractivity contribution in [2.24, 2.45) is 0 Å². The molecule has 1 aromatic rings. The van der Waals surface area contributed by atoms with Crippen LogP contribution < -0.4 is 10.0 Å². The molecule has 0 saturated carbocycles. The lowest BCUT2D eigenvalue weighted by molar-refractivity contribution is 0.563. The van der Waals surface area contributed by atoms with Gasteiger partial charge in [-0.15, -0.1) is 0 Å². The van der Waals surface area contributed by atoms with Gasteiger partial charge in [-0.2, -0.15) is 11.8 Å². The Bertz CT molecular complexity index is 567. The summed E-state index contributed by atoms with van der Waals surface area (Å²) < 4.78 is 27.7. The Morgan fingerprint density at radius 2 is 2.19 bits per heavy atom. The number of sulfonamides is 1. The molecule has 0 amide bonds. The molecule has 1 heterocycles. The summed E-state index contributed by atoms with van der Waals surface area (Å²) in [6.07, 6.45) is 1.98. The molecular weight excluding hydrogens is 304 g/mol. The Morgan fingerprint density at radius 1 is 1.38 bits per heavy atom. The highest BCUT2D eigenvalue weighted by Crippen LogP contribution is 2.21. The maximum absolute atomic E-state index is 12.4. The summed E-state index contributed by atoms with van der Waals surface area (Å²) in [6.45, 7) is 5.78. The normalized spacial score (nSPS) is 19.0. The van der Waals surface area contributed by atoms with E-state index in [-0.39, 0.29) is 6.04 Å². The monoisotopic (exact) mass is 328 g/mol. The van der Waals surface area contributed by atoms with Crippen molar-refractivity contribution < 1.29 is 8.42 Å². The molecule has 118 valence electrons. The molecule has 0 spiro atoms. The largest absolute Gasteiger partial charge is 0.313 e.